The molecule has 1 aromatic heterocycles. The SMILES string of the molecule is [Cu].[Zn].[c-]1c[nH]nn1. The van der Waals surface area contributed by atoms with Crippen molar-refractivity contribution in [1.82, 2.24) is 15.4 Å². The van der Waals surface area contributed by atoms with E-state index in [-0.39, 0.29) is 36.5 Å². The first-order valence-electron chi connectivity index (χ1n) is 1.22. The van der Waals surface area contributed by atoms with E-state index in [4.69, 9.17) is 0 Å². The number of hydrogen-bond acceptors (Lipinski definition) is 2. The van der Waals surface area contributed by atoms with E-state index in [9.17, 15) is 0 Å². The molecular weight excluding hydrogens is 195 g/mol. The van der Waals surface area contributed by atoms with Crippen molar-refractivity contribution in [2.75, 3.05) is 0 Å². The van der Waals surface area contributed by atoms with Crippen LogP contribution in [-0.4, -0.2) is 15.4 Å². The third-order valence-electron chi connectivity index (χ3n) is 0.295. The maximum atomic E-state index is 3.29. The molecule has 0 aliphatic heterocycles. The summed E-state index contributed by atoms with van der Waals surface area (Å²) in [6.45, 7) is 0. The Bertz CT molecular complexity index is 69.4. The van der Waals surface area contributed by atoms with E-state index in [1.54, 1.807) is 0 Å². The molecule has 1 aromatic rings. The fraction of sp³-hybridized carbons (Fsp3) is 0. The molecule has 0 saturated heterocycles. The summed E-state index contributed by atoms with van der Waals surface area (Å²) in [5, 5.41) is 9.03. The van der Waals surface area contributed by atoms with Gasteiger partial charge >= 0.3 is 0 Å². The van der Waals surface area contributed by atoms with Gasteiger partial charge in [0.15, 0.2) is 0 Å². The Kier molecular flexibility index (Phi) is 9.25. The Morgan fingerprint density at radius 2 is 2.29 bits per heavy atom. The molecule has 3 nitrogen and oxygen atoms in total. The number of nitrogens with zero attached hydrogens (tertiary/aromatic N) is 2. The molecule has 39 valence electrons. The number of hydrogen-bond donors (Lipinski definition) is 1. The van der Waals surface area contributed by atoms with Gasteiger partial charge in [0.2, 0.25) is 0 Å². The van der Waals surface area contributed by atoms with Gasteiger partial charge in [-0.3, -0.25) is 0 Å². The number of H-pyrrole nitrogens is 1. The first-order chi connectivity index (χ1) is 2.50. The summed E-state index contributed by atoms with van der Waals surface area (Å²) in [7, 11) is 0. The third-order valence-corrected chi connectivity index (χ3v) is 0.295. The topological polar surface area (TPSA) is 41.6 Å². The van der Waals surface area contributed by atoms with Crippen LogP contribution in [0, 0.1) is 6.20 Å². The normalized spacial score (nSPS) is 5.71. The molecule has 0 saturated carbocycles. The van der Waals surface area contributed by atoms with Crippen molar-refractivity contribution >= 4 is 0 Å². The van der Waals surface area contributed by atoms with E-state index >= 15 is 0 Å². The molecule has 0 aromatic carbocycles. The van der Waals surface area contributed by atoms with Crippen LogP contribution in [0.1, 0.15) is 0 Å². The molecule has 1 rings (SSSR count). The van der Waals surface area contributed by atoms with Crippen LogP contribution in [0.5, 0.6) is 0 Å². The molecule has 0 amide bonds. The van der Waals surface area contributed by atoms with E-state index in [2.05, 4.69) is 21.6 Å². The van der Waals surface area contributed by atoms with Crippen LogP contribution in [0.3, 0.4) is 0 Å². The second-order valence-electron chi connectivity index (χ2n) is 0.603. The molecule has 1 radical (unpaired) electrons. The van der Waals surface area contributed by atoms with Gasteiger partial charge in [-0.25, -0.2) is 0 Å². The fourth-order valence-corrected chi connectivity index (χ4v) is 0.144. The van der Waals surface area contributed by atoms with Gasteiger partial charge in [-0.15, -0.1) is 11.4 Å². The van der Waals surface area contributed by atoms with E-state index in [1.807, 2.05) is 0 Å². The zero-order valence-corrected chi connectivity index (χ0v) is 7.39. The smallest absolute Gasteiger partial charge is 0 e. The summed E-state index contributed by atoms with van der Waals surface area (Å²) < 4.78 is 0. The van der Waals surface area contributed by atoms with Crippen LogP contribution in [0.25, 0.3) is 0 Å². The van der Waals surface area contributed by atoms with E-state index in [0.717, 1.165) is 0 Å². The summed E-state index contributed by atoms with van der Waals surface area (Å²) in [5.74, 6) is 0. The van der Waals surface area contributed by atoms with E-state index in [1.165, 1.54) is 6.20 Å². The molecule has 0 atom stereocenters. The van der Waals surface area contributed by atoms with Gasteiger partial charge in [0.25, 0.3) is 0 Å². The van der Waals surface area contributed by atoms with Crippen molar-refractivity contribution < 1.29 is 36.5 Å². The predicted molar refractivity (Wildman–Crippen MR) is 15.2 cm³/mol. The van der Waals surface area contributed by atoms with Crippen molar-refractivity contribution in [1.29, 1.82) is 0 Å². The molecule has 7 heavy (non-hydrogen) atoms. The number of aromatic amines is 1. The van der Waals surface area contributed by atoms with Crippen LogP contribution in [-0.2, 0) is 36.5 Å². The van der Waals surface area contributed by atoms with Crippen molar-refractivity contribution in [2.24, 2.45) is 0 Å². The van der Waals surface area contributed by atoms with Crippen LogP contribution in [0.15, 0.2) is 6.20 Å². The quantitative estimate of drug-likeness (QED) is 0.454. The first kappa shape index (κ1) is 10.3. The maximum Gasteiger partial charge on any atom is 0 e. The Labute approximate surface area is 64.5 Å². The van der Waals surface area contributed by atoms with Gasteiger partial charge in [-0.05, 0) is 0 Å². The average molecular weight is 197 g/mol. The molecule has 5 heteroatoms. The van der Waals surface area contributed by atoms with Crippen LogP contribution in [0.2, 0.25) is 0 Å². The minimum absolute atomic E-state index is 0. The molecule has 1 heterocycles. The average Bonchev–Trinajstić information content (AvgIpc) is 1.76. The van der Waals surface area contributed by atoms with E-state index in [0.29, 0.717) is 0 Å². The minimum atomic E-state index is 0. The maximum absolute atomic E-state index is 3.29. The minimum Gasteiger partial charge on any atom is -0.352 e. The van der Waals surface area contributed by atoms with Crippen molar-refractivity contribution in [3.05, 3.63) is 12.4 Å². The van der Waals surface area contributed by atoms with Crippen LogP contribution >= 0.6 is 0 Å². The summed E-state index contributed by atoms with van der Waals surface area (Å²) in [5.41, 5.74) is 0. The fourth-order valence-electron chi connectivity index (χ4n) is 0.144. The zero-order valence-electron chi connectivity index (χ0n) is 3.48. The van der Waals surface area contributed by atoms with Crippen molar-refractivity contribution in [3.63, 3.8) is 0 Å². The standard InChI is InChI=1S/C2H2N3.Cu.Zn/c1-2-4-5-3-1;;/h1H,(H,3,4,5);;/q-1;;. The van der Waals surface area contributed by atoms with Crippen LogP contribution < -0.4 is 0 Å². The number of nitrogens with one attached hydrogen (secondary N) is 1. The largest absolute Gasteiger partial charge is 0.352 e. The third kappa shape index (κ3) is 4.13. The molecule has 0 bridgehead atoms. The summed E-state index contributed by atoms with van der Waals surface area (Å²) in [6, 6.07) is 0. The number of rotatable bonds is 0. The Hall–Kier alpha value is 0.283. The van der Waals surface area contributed by atoms with Gasteiger partial charge in [0.1, 0.15) is 0 Å². The second-order valence-corrected chi connectivity index (χ2v) is 0.603. The predicted octanol–water partition coefficient (Wildman–Crippen LogP) is -0.400. The molecule has 0 aliphatic carbocycles. The Balaban J connectivity index is 0. The van der Waals surface area contributed by atoms with E-state index < -0.39 is 0 Å². The van der Waals surface area contributed by atoms with Gasteiger partial charge in [0.05, 0.1) is 0 Å². The number of aromatic nitrogens is 3. The molecule has 0 spiro atoms. The van der Waals surface area contributed by atoms with Crippen molar-refractivity contribution in [3.8, 4) is 0 Å². The van der Waals surface area contributed by atoms with Gasteiger partial charge in [-0.2, -0.15) is 0 Å². The molecule has 1 N–H and O–H groups in total. The first-order valence-corrected chi connectivity index (χ1v) is 1.22. The molecule has 0 aliphatic rings. The Morgan fingerprint density at radius 3 is 2.43 bits per heavy atom. The molecule has 0 fully saturated rings. The monoisotopic (exact) mass is 195 g/mol. The summed E-state index contributed by atoms with van der Waals surface area (Å²) in [4.78, 5) is 0. The molecular formula is C2H2CuN3Zn-. The molecule has 0 unspecified atom stereocenters. The summed E-state index contributed by atoms with van der Waals surface area (Å²) in [6.07, 6.45) is 3.97. The van der Waals surface area contributed by atoms with Crippen molar-refractivity contribution in [2.45, 2.75) is 0 Å². The Morgan fingerprint density at radius 1 is 1.57 bits per heavy atom. The summed E-state index contributed by atoms with van der Waals surface area (Å²) >= 11 is 0. The van der Waals surface area contributed by atoms with Gasteiger partial charge < -0.3 is 16.4 Å². The second kappa shape index (κ2) is 6.28. The van der Waals surface area contributed by atoms with Gasteiger partial charge in [-0.1, -0.05) is 0 Å². The zero-order chi connectivity index (χ0) is 3.54. The van der Waals surface area contributed by atoms with Crippen LogP contribution in [0.4, 0.5) is 0 Å². The van der Waals surface area contributed by atoms with Gasteiger partial charge in [0, 0.05) is 36.5 Å².